The summed E-state index contributed by atoms with van der Waals surface area (Å²) in [6.07, 6.45) is 3.20. The Bertz CT molecular complexity index is 86.2. The van der Waals surface area contributed by atoms with E-state index in [4.69, 9.17) is 0 Å². The minimum Gasteiger partial charge on any atom is -0.294 e. The molecule has 0 N–H and O–H groups in total. The molecule has 1 nitrogen and oxygen atoms in total. The summed E-state index contributed by atoms with van der Waals surface area (Å²) in [7, 11) is 0. The Labute approximate surface area is 44.5 Å². The highest BCUT2D eigenvalue weighted by Crippen LogP contribution is 2.14. The van der Waals surface area contributed by atoms with Crippen LogP contribution in [0.3, 0.4) is 0 Å². The predicted octanol–water partition coefficient (Wildman–Crippen LogP) is 1.49. The van der Waals surface area contributed by atoms with E-state index in [0.717, 1.165) is 5.92 Å². The van der Waals surface area contributed by atoms with Crippen molar-refractivity contribution in [3.8, 4) is 0 Å². The summed E-state index contributed by atoms with van der Waals surface area (Å²) in [5.74, 6) is 0.792. The first-order valence-electron chi connectivity index (χ1n) is 2.82. The highest BCUT2D eigenvalue weighted by Gasteiger charge is 2.12. The van der Waals surface area contributed by atoms with Gasteiger partial charge in [0.25, 0.3) is 0 Å². The maximum atomic E-state index is 4.19. The number of hydrogen-bond donors (Lipinski definition) is 0. The van der Waals surface area contributed by atoms with E-state index in [1.165, 1.54) is 6.42 Å². The fraction of sp³-hybridized carbons (Fsp3) is 0.833. The van der Waals surface area contributed by atoms with E-state index in [1.54, 1.807) is 0 Å². The molecule has 0 saturated heterocycles. The summed E-state index contributed by atoms with van der Waals surface area (Å²) in [5, 5.41) is 0. The second kappa shape index (κ2) is 1.65. The Morgan fingerprint density at radius 2 is 2.29 bits per heavy atom. The molecule has 0 bridgehead atoms. The van der Waals surface area contributed by atoms with Gasteiger partial charge in [-0.2, -0.15) is 0 Å². The molecule has 1 heteroatoms. The molecule has 1 aliphatic rings. The molecule has 0 aliphatic carbocycles. The molecule has 0 amide bonds. The van der Waals surface area contributed by atoms with Gasteiger partial charge in [0.15, 0.2) is 0 Å². The highest BCUT2D eigenvalue weighted by molar-refractivity contribution is 5.60. The van der Waals surface area contributed by atoms with Crippen molar-refractivity contribution in [3.63, 3.8) is 0 Å². The van der Waals surface area contributed by atoms with E-state index in [0.29, 0.717) is 6.04 Å². The quantitative estimate of drug-likeness (QED) is 0.434. The third-order valence-corrected chi connectivity index (χ3v) is 1.64. The molecular formula is C6H11N. The van der Waals surface area contributed by atoms with Gasteiger partial charge in [-0.3, -0.25) is 4.99 Å². The molecule has 2 atom stereocenters. The molecule has 1 heterocycles. The minimum atomic E-state index is 0.583. The monoisotopic (exact) mass is 97.1 g/mol. The average Bonchev–Trinajstić information content (AvgIpc) is 1.91. The lowest BCUT2D eigenvalue weighted by Crippen LogP contribution is -2.03. The third-order valence-electron chi connectivity index (χ3n) is 1.64. The van der Waals surface area contributed by atoms with Gasteiger partial charge in [-0.15, -0.1) is 0 Å². The van der Waals surface area contributed by atoms with Crippen LogP contribution in [0.5, 0.6) is 0 Å². The van der Waals surface area contributed by atoms with Gasteiger partial charge < -0.3 is 0 Å². The number of hydrogen-bond acceptors (Lipinski definition) is 1. The van der Waals surface area contributed by atoms with Gasteiger partial charge in [0.1, 0.15) is 0 Å². The number of rotatable bonds is 0. The fourth-order valence-electron chi connectivity index (χ4n) is 0.737. The highest BCUT2D eigenvalue weighted by atomic mass is 14.8. The van der Waals surface area contributed by atoms with Crippen molar-refractivity contribution in [1.29, 1.82) is 0 Å². The van der Waals surface area contributed by atoms with E-state index in [1.807, 2.05) is 6.21 Å². The molecule has 40 valence electrons. The molecule has 0 spiro atoms. The Morgan fingerprint density at radius 1 is 1.57 bits per heavy atom. The molecular weight excluding hydrogens is 86.1 g/mol. The van der Waals surface area contributed by atoms with Crippen molar-refractivity contribution < 1.29 is 0 Å². The summed E-state index contributed by atoms with van der Waals surface area (Å²) in [4.78, 5) is 4.19. The summed E-state index contributed by atoms with van der Waals surface area (Å²) in [6.45, 7) is 4.39. The van der Waals surface area contributed by atoms with E-state index < -0.39 is 0 Å². The van der Waals surface area contributed by atoms with Crippen LogP contribution < -0.4 is 0 Å². The molecule has 0 radical (unpaired) electrons. The standard InChI is InChI=1S/C6H11N/c1-5-3-4-7-6(5)2/h4-6H,3H2,1-2H3/t5-,6-/m0/s1. The predicted molar refractivity (Wildman–Crippen MR) is 31.7 cm³/mol. The lowest BCUT2D eigenvalue weighted by Gasteiger charge is -2.03. The molecule has 1 rings (SSSR count). The molecule has 1 aliphatic heterocycles. The molecule has 0 aromatic rings. The summed E-state index contributed by atoms with van der Waals surface area (Å²) in [5.41, 5.74) is 0. The average molecular weight is 97.2 g/mol. The molecule has 7 heavy (non-hydrogen) atoms. The first kappa shape index (κ1) is 4.82. The zero-order valence-electron chi connectivity index (χ0n) is 4.89. The van der Waals surface area contributed by atoms with Gasteiger partial charge in [-0.1, -0.05) is 6.92 Å². The van der Waals surface area contributed by atoms with Gasteiger partial charge in [-0.05, 0) is 25.5 Å². The lowest BCUT2D eigenvalue weighted by atomic mass is 10.1. The Kier molecular flexibility index (Phi) is 1.13. The van der Waals surface area contributed by atoms with Crippen LogP contribution in [-0.4, -0.2) is 12.3 Å². The topological polar surface area (TPSA) is 12.4 Å². The third kappa shape index (κ3) is 0.817. The van der Waals surface area contributed by atoms with Crippen LogP contribution in [0.1, 0.15) is 20.3 Å². The molecule has 0 saturated carbocycles. The van der Waals surface area contributed by atoms with Crippen molar-refractivity contribution in [3.05, 3.63) is 0 Å². The normalized spacial score (nSPS) is 39.7. The Balaban J connectivity index is 2.45. The summed E-state index contributed by atoms with van der Waals surface area (Å²) >= 11 is 0. The minimum absolute atomic E-state index is 0.583. The van der Waals surface area contributed by atoms with Gasteiger partial charge >= 0.3 is 0 Å². The van der Waals surface area contributed by atoms with Crippen LogP contribution in [-0.2, 0) is 0 Å². The second-order valence-corrected chi connectivity index (χ2v) is 2.29. The van der Waals surface area contributed by atoms with Crippen LogP contribution in [0.2, 0.25) is 0 Å². The van der Waals surface area contributed by atoms with Crippen LogP contribution in [0.4, 0.5) is 0 Å². The largest absolute Gasteiger partial charge is 0.294 e. The maximum Gasteiger partial charge on any atom is 0.0496 e. The van der Waals surface area contributed by atoms with Crippen LogP contribution in [0.25, 0.3) is 0 Å². The zero-order valence-corrected chi connectivity index (χ0v) is 4.89. The molecule has 0 aromatic heterocycles. The fourth-order valence-corrected chi connectivity index (χ4v) is 0.737. The first-order chi connectivity index (χ1) is 3.30. The van der Waals surface area contributed by atoms with Crippen LogP contribution in [0, 0.1) is 5.92 Å². The van der Waals surface area contributed by atoms with E-state index in [2.05, 4.69) is 18.8 Å². The Hall–Kier alpha value is -0.330. The van der Waals surface area contributed by atoms with Crippen molar-refractivity contribution in [2.75, 3.05) is 0 Å². The van der Waals surface area contributed by atoms with Crippen molar-refractivity contribution in [2.24, 2.45) is 10.9 Å². The number of nitrogens with zero attached hydrogens (tertiary/aromatic N) is 1. The molecule has 0 aromatic carbocycles. The lowest BCUT2D eigenvalue weighted by molar-refractivity contribution is 0.540. The molecule has 0 fully saturated rings. The smallest absolute Gasteiger partial charge is 0.0496 e. The van der Waals surface area contributed by atoms with E-state index in [-0.39, 0.29) is 0 Å². The summed E-state index contributed by atoms with van der Waals surface area (Å²) < 4.78 is 0. The van der Waals surface area contributed by atoms with Crippen LogP contribution >= 0.6 is 0 Å². The number of aliphatic imine (C=N–C) groups is 1. The van der Waals surface area contributed by atoms with Crippen molar-refractivity contribution in [1.82, 2.24) is 0 Å². The van der Waals surface area contributed by atoms with E-state index >= 15 is 0 Å². The SMILES string of the molecule is C[C@@H]1N=CC[C@@H]1C. The zero-order chi connectivity index (χ0) is 5.28. The van der Waals surface area contributed by atoms with Gasteiger partial charge in [0.05, 0.1) is 0 Å². The van der Waals surface area contributed by atoms with E-state index in [9.17, 15) is 0 Å². The van der Waals surface area contributed by atoms with Gasteiger partial charge in [0.2, 0.25) is 0 Å². The van der Waals surface area contributed by atoms with Crippen LogP contribution in [0.15, 0.2) is 4.99 Å². The molecule has 0 unspecified atom stereocenters. The van der Waals surface area contributed by atoms with Crippen molar-refractivity contribution >= 4 is 6.21 Å². The maximum absolute atomic E-state index is 4.19. The van der Waals surface area contributed by atoms with Crippen molar-refractivity contribution in [2.45, 2.75) is 26.3 Å². The van der Waals surface area contributed by atoms with Gasteiger partial charge in [-0.25, -0.2) is 0 Å². The second-order valence-electron chi connectivity index (χ2n) is 2.29. The summed E-state index contributed by atoms with van der Waals surface area (Å²) in [6, 6.07) is 0.583. The first-order valence-corrected chi connectivity index (χ1v) is 2.82. The Morgan fingerprint density at radius 3 is 2.43 bits per heavy atom. The van der Waals surface area contributed by atoms with Gasteiger partial charge in [0, 0.05) is 6.04 Å².